The van der Waals surface area contributed by atoms with Gasteiger partial charge in [-0.1, -0.05) is 59.8 Å². The number of likely N-dealkylation sites (N-methyl/N-ethyl adjacent to an activating group) is 2. The summed E-state index contributed by atoms with van der Waals surface area (Å²) in [5.41, 5.74) is 3.70. The van der Waals surface area contributed by atoms with Gasteiger partial charge in [-0.3, -0.25) is 0 Å². The van der Waals surface area contributed by atoms with Crippen molar-refractivity contribution in [3.05, 3.63) is 11.4 Å². The van der Waals surface area contributed by atoms with Crippen molar-refractivity contribution in [3.63, 3.8) is 0 Å². The van der Waals surface area contributed by atoms with Gasteiger partial charge in [0.2, 0.25) is 0 Å². The van der Waals surface area contributed by atoms with Crippen LogP contribution in [0.25, 0.3) is 0 Å². The van der Waals surface area contributed by atoms with Gasteiger partial charge in [0.15, 0.2) is 0 Å². The van der Waals surface area contributed by atoms with Gasteiger partial charge in [0.25, 0.3) is 0 Å². The number of unbranched alkanes of at least 4 members (excludes halogenated alkanes) is 3. The second-order valence-electron chi connectivity index (χ2n) is 8.49. The standard InChI is InChI=1S/C24H48N2/c1-9-15-18-22-21(7)25(13-5)24(19-16-10-2,20-17-11-3)23(8,12-4)26(22)14-6/h9-20H2,1-8H3. The van der Waals surface area contributed by atoms with Crippen LogP contribution in [0.3, 0.4) is 0 Å². The summed E-state index contributed by atoms with van der Waals surface area (Å²) in [5, 5.41) is 0. The first kappa shape index (κ1) is 23.4. The molecule has 1 aliphatic rings. The molecule has 0 saturated carbocycles. The molecule has 0 aromatic carbocycles. The highest BCUT2D eigenvalue weighted by Gasteiger charge is 2.56. The van der Waals surface area contributed by atoms with E-state index in [-0.39, 0.29) is 11.1 Å². The average molecular weight is 365 g/mol. The third kappa shape index (κ3) is 4.09. The zero-order chi connectivity index (χ0) is 19.8. The molecule has 0 N–H and O–H groups in total. The van der Waals surface area contributed by atoms with Crippen LogP contribution in [0.1, 0.15) is 120 Å². The Labute approximate surface area is 165 Å². The van der Waals surface area contributed by atoms with E-state index < -0.39 is 0 Å². The van der Waals surface area contributed by atoms with Crippen molar-refractivity contribution in [1.29, 1.82) is 0 Å². The summed E-state index contributed by atoms with van der Waals surface area (Å²) in [7, 11) is 0. The van der Waals surface area contributed by atoms with Crippen molar-refractivity contribution in [2.24, 2.45) is 0 Å². The van der Waals surface area contributed by atoms with Gasteiger partial charge in [0.05, 0.1) is 11.1 Å². The fraction of sp³-hybridized carbons (Fsp3) is 0.917. The van der Waals surface area contributed by atoms with E-state index in [0.717, 1.165) is 13.1 Å². The average Bonchev–Trinajstić information content (AvgIpc) is 2.65. The Morgan fingerprint density at radius 1 is 0.731 bits per heavy atom. The second kappa shape index (κ2) is 10.6. The van der Waals surface area contributed by atoms with Gasteiger partial charge in [-0.25, -0.2) is 0 Å². The molecule has 1 rings (SSSR count). The monoisotopic (exact) mass is 364 g/mol. The van der Waals surface area contributed by atoms with Crippen LogP contribution in [0, 0.1) is 0 Å². The molecule has 1 aliphatic heterocycles. The van der Waals surface area contributed by atoms with Crippen LogP contribution in [0.5, 0.6) is 0 Å². The molecule has 1 unspecified atom stereocenters. The minimum absolute atomic E-state index is 0.227. The quantitative estimate of drug-likeness (QED) is 0.357. The lowest BCUT2D eigenvalue weighted by molar-refractivity contribution is -0.0752. The first-order valence-electron chi connectivity index (χ1n) is 11.7. The Hall–Kier alpha value is -0.660. The van der Waals surface area contributed by atoms with Gasteiger partial charge < -0.3 is 9.80 Å². The molecule has 154 valence electrons. The van der Waals surface area contributed by atoms with E-state index in [1.807, 2.05) is 0 Å². The topological polar surface area (TPSA) is 6.48 Å². The van der Waals surface area contributed by atoms with Crippen LogP contribution in [-0.4, -0.2) is 34.0 Å². The summed E-state index contributed by atoms with van der Waals surface area (Å²) < 4.78 is 0. The Morgan fingerprint density at radius 2 is 1.23 bits per heavy atom. The van der Waals surface area contributed by atoms with E-state index in [4.69, 9.17) is 0 Å². The Morgan fingerprint density at radius 3 is 1.62 bits per heavy atom. The minimum Gasteiger partial charge on any atom is -0.366 e. The second-order valence-corrected chi connectivity index (χ2v) is 8.49. The maximum Gasteiger partial charge on any atom is 0.0627 e. The molecule has 0 aromatic rings. The summed E-state index contributed by atoms with van der Waals surface area (Å²) >= 11 is 0. The SMILES string of the molecule is CCCCC1=C(C)N(CC)C(CCCC)(CCCC)C(C)(CC)N1CC. The van der Waals surface area contributed by atoms with Gasteiger partial charge in [-0.05, 0) is 59.8 Å². The van der Waals surface area contributed by atoms with E-state index in [0.29, 0.717) is 0 Å². The van der Waals surface area contributed by atoms with Gasteiger partial charge in [0, 0.05) is 24.5 Å². The molecule has 0 fully saturated rings. The lowest BCUT2D eigenvalue weighted by Gasteiger charge is -2.65. The maximum absolute atomic E-state index is 2.85. The molecule has 0 radical (unpaired) electrons. The maximum atomic E-state index is 2.85. The number of allylic oxidation sites excluding steroid dienone is 2. The zero-order valence-electron chi connectivity index (χ0n) is 19.4. The smallest absolute Gasteiger partial charge is 0.0627 e. The zero-order valence-corrected chi connectivity index (χ0v) is 19.4. The molecule has 0 spiro atoms. The summed E-state index contributed by atoms with van der Waals surface area (Å²) in [6, 6.07) is 0. The predicted octanol–water partition coefficient (Wildman–Crippen LogP) is 7.35. The van der Waals surface area contributed by atoms with E-state index in [1.165, 1.54) is 64.2 Å². The van der Waals surface area contributed by atoms with Gasteiger partial charge in [-0.15, -0.1) is 0 Å². The predicted molar refractivity (Wildman–Crippen MR) is 117 cm³/mol. The molecule has 0 aromatic heterocycles. The lowest BCUT2D eigenvalue weighted by atomic mass is 9.65. The van der Waals surface area contributed by atoms with Crippen molar-refractivity contribution in [2.45, 2.75) is 131 Å². The van der Waals surface area contributed by atoms with Gasteiger partial charge in [0.1, 0.15) is 0 Å². The Kier molecular flexibility index (Phi) is 9.55. The molecule has 26 heavy (non-hydrogen) atoms. The van der Waals surface area contributed by atoms with Crippen molar-refractivity contribution < 1.29 is 0 Å². The number of nitrogens with zero attached hydrogens (tertiary/aromatic N) is 2. The van der Waals surface area contributed by atoms with Gasteiger partial charge in [-0.2, -0.15) is 0 Å². The third-order valence-electron chi connectivity index (χ3n) is 7.24. The fourth-order valence-corrected chi connectivity index (χ4v) is 5.64. The summed E-state index contributed by atoms with van der Waals surface area (Å²) in [6.45, 7) is 21.5. The highest BCUT2D eigenvalue weighted by Crippen LogP contribution is 2.51. The molecule has 2 nitrogen and oxygen atoms in total. The van der Waals surface area contributed by atoms with Crippen molar-refractivity contribution >= 4 is 0 Å². The van der Waals surface area contributed by atoms with Crippen molar-refractivity contribution in [1.82, 2.24) is 9.80 Å². The Balaban J connectivity index is 3.58. The largest absolute Gasteiger partial charge is 0.366 e. The first-order chi connectivity index (χ1) is 12.4. The van der Waals surface area contributed by atoms with Crippen LogP contribution in [0.15, 0.2) is 11.4 Å². The molecular weight excluding hydrogens is 316 g/mol. The molecule has 0 amide bonds. The molecule has 0 aliphatic carbocycles. The number of rotatable bonds is 12. The van der Waals surface area contributed by atoms with E-state index in [9.17, 15) is 0 Å². The molecule has 0 bridgehead atoms. The van der Waals surface area contributed by atoms with Crippen LogP contribution in [0.2, 0.25) is 0 Å². The lowest BCUT2D eigenvalue weighted by Crippen LogP contribution is -2.71. The number of hydrogen-bond donors (Lipinski definition) is 0. The first-order valence-corrected chi connectivity index (χ1v) is 11.7. The van der Waals surface area contributed by atoms with Crippen molar-refractivity contribution in [3.8, 4) is 0 Å². The van der Waals surface area contributed by atoms with E-state index in [1.54, 1.807) is 11.4 Å². The molecule has 0 saturated heterocycles. The highest BCUT2D eigenvalue weighted by atomic mass is 15.4. The number of hydrogen-bond acceptors (Lipinski definition) is 2. The highest BCUT2D eigenvalue weighted by molar-refractivity contribution is 5.27. The minimum atomic E-state index is 0.227. The van der Waals surface area contributed by atoms with Crippen molar-refractivity contribution in [2.75, 3.05) is 13.1 Å². The fourth-order valence-electron chi connectivity index (χ4n) is 5.64. The van der Waals surface area contributed by atoms with E-state index >= 15 is 0 Å². The molecular formula is C24H48N2. The summed E-state index contributed by atoms with van der Waals surface area (Å²) in [6.07, 6.45) is 13.0. The third-order valence-corrected chi connectivity index (χ3v) is 7.24. The Bertz CT molecular complexity index is 431. The van der Waals surface area contributed by atoms with E-state index in [2.05, 4.69) is 65.2 Å². The van der Waals surface area contributed by atoms with Crippen LogP contribution in [0.4, 0.5) is 0 Å². The van der Waals surface area contributed by atoms with Crippen LogP contribution >= 0.6 is 0 Å². The summed E-state index contributed by atoms with van der Waals surface area (Å²) in [4.78, 5) is 5.68. The molecule has 2 heteroatoms. The van der Waals surface area contributed by atoms with Crippen LogP contribution in [-0.2, 0) is 0 Å². The molecule has 1 heterocycles. The normalized spacial score (nSPS) is 23.1. The van der Waals surface area contributed by atoms with Crippen LogP contribution < -0.4 is 0 Å². The van der Waals surface area contributed by atoms with Gasteiger partial charge >= 0.3 is 0 Å². The summed E-state index contributed by atoms with van der Waals surface area (Å²) in [5.74, 6) is 0. The molecule has 1 atom stereocenters.